The summed E-state index contributed by atoms with van der Waals surface area (Å²) in [6.45, 7) is 1.86. The van der Waals surface area contributed by atoms with Crippen molar-refractivity contribution in [1.82, 2.24) is 9.97 Å². The molecule has 0 fully saturated rings. The van der Waals surface area contributed by atoms with E-state index in [2.05, 4.69) is 31.2 Å². The van der Waals surface area contributed by atoms with Gasteiger partial charge in [-0.3, -0.25) is 10.1 Å². The molecule has 0 aliphatic rings. The molecule has 6 heteroatoms. The fraction of sp³-hybridized carbons (Fsp3) is 0.0769. The summed E-state index contributed by atoms with van der Waals surface area (Å²) in [6.07, 6.45) is 3.20. The number of furan rings is 1. The van der Waals surface area contributed by atoms with Crippen LogP contribution in [0.4, 0.5) is 5.95 Å². The second kappa shape index (κ2) is 4.55. The minimum absolute atomic E-state index is 0.296. The van der Waals surface area contributed by atoms with Crippen LogP contribution in [0.25, 0.3) is 11.0 Å². The molecule has 0 unspecified atom stereocenters. The number of rotatable bonds is 2. The van der Waals surface area contributed by atoms with Crippen LogP contribution in [0.5, 0.6) is 0 Å². The van der Waals surface area contributed by atoms with Crippen LogP contribution in [0.1, 0.15) is 16.1 Å². The molecule has 0 atom stereocenters. The molecular weight excluding hydrogens is 310 g/mol. The number of amides is 1. The lowest BCUT2D eigenvalue weighted by molar-refractivity contribution is 0.0997. The van der Waals surface area contributed by atoms with E-state index in [9.17, 15) is 4.79 Å². The summed E-state index contributed by atoms with van der Waals surface area (Å²) in [5.41, 5.74) is 1.49. The third-order valence-electron chi connectivity index (χ3n) is 2.83. The molecule has 0 bridgehead atoms. The largest absolute Gasteiger partial charge is 0.451 e. The van der Waals surface area contributed by atoms with Gasteiger partial charge >= 0.3 is 0 Å². The minimum atomic E-state index is -0.320. The van der Waals surface area contributed by atoms with Crippen molar-refractivity contribution in [3.05, 3.63) is 46.4 Å². The van der Waals surface area contributed by atoms with Crippen molar-refractivity contribution < 1.29 is 9.21 Å². The number of carbonyl (C=O) groups is 1. The van der Waals surface area contributed by atoms with Gasteiger partial charge < -0.3 is 9.40 Å². The smallest absolute Gasteiger partial charge is 0.293 e. The van der Waals surface area contributed by atoms with Gasteiger partial charge in [-0.1, -0.05) is 15.9 Å². The normalized spacial score (nSPS) is 10.8. The first-order chi connectivity index (χ1) is 9.15. The Bertz CT molecular complexity index is 747. The quantitative estimate of drug-likeness (QED) is 0.759. The van der Waals surface area contributed by atoms with E-state index in [1.54, 1.807) is 12.4 Å². The van der Waals surface area contributed by atoms with Crippen molar-refractivity contribution in [3.8, 4) is 0 Å². The number of aromatic amines is 1. The second-order valence-electron chi connectivity index (χ2n) is 4.09. The van der Waals surface area contributed by atoms with Crippen LogP contribution in [0, 0.1) is 6.92 Å². The molecule has 0 saturated heterocycles. The maximum absolute atomic E-state index is 12.1. The maximum Gasteiger partial charge on any atom is 0.293 e. The van der Waals surface area contributed by atoms with Gasteiger partial charge in [0.25, 0.3) is 5.91 Å². The third-order valence-corrected chi connectivity index (χ3v) is 3.33. The number of aryl methyl sites for hydroxylation is 1. The molecule has 0 radical (unpaired) electrons. The van der Waals surface area contributed by atoms with Gasteiger partial charge in [0.1, 0.15) is 5.58 Å². The first kappa shape index (κ1) is 12.0. The summed E-state index contributed by atoms with van der Waals surface area (Å²) < 4.78 is 6.54. The fourth-order valence-electron chi connectivity index (χ4n) is 1.91. The number of benzene rings is 1. The first-order valence-electron chi connectivity index (χ1n) is 5.64. The van der Waals surface area contributed by atoms with Gasteiger partial charge in [0, 0.05) is 27.8 Å². The van der Waals surface area contributed by atoms with Gasteiger partial charge in [-0.15, -0.1) is 0 Å². The van der Waals surface area contributed by atoms with E-state index >= 15 is 0 Å². The molecule has 0 spiro atoms. The number of nitrogens with zero attached hydrogens (tertiary/aromatic N) is 1. The zero-order valence-corrected chi connectivity index (χ0v) is 11.6. The van der Waals surface area contributed by atoms with Gasteiger partial charge in [0.05, 0.1) is 0 Å². The summed E-state index contributed by atoms with van der Waals surface area (Å²) in [6, 6.07) is 5.63. The van der Waals surface area contributed by atoms with Crippen molar-refractivity contribution in [3.63, 3.8) is 0 Å². The molecule has 3 aromatic rings. The Morgan fingerprint density at radius 3 is 3.05 bits per heavy atom. The standard InChI is InChI=1S/C13H10BrN3O2/c1-7-9-6-8(14)2-3-10(9)19-11(7)12(18)17-13-15-4-5-16-13/h2-6H,1H3,(H2,15,16,17,18). The molecule has 0 aliphatic heterocycles. The van der Waals surface area contributed by atoms with Gasteiger partial charge in [0.15, 0.2) is 5.76 Å². The number of hydrogen-bond acceptors (Lipinski definition) is 3. The zero-order chi connectivity index (χ0) is 13.4. The Morgan fingerprint density at radius 1 is 1.47 bits per heavy atom. The van der Waals surface area contributed by atoms with Gasteiger partial charge in [-0.25, -0.2) is 4.98 Å². The van der Waals surface area contributed by atoms with Gasteiger partial charge in [-0.05, 0) is 25.1 Å². The molecule has 2 heterocycles. The van der Waals surface area contributed by atoms with Crippen molar-refractivity contribution in [2.45, 2.75) is 6.92 Å². The highest BCUT2D eigenvalue weighted by Crippen LogP contribution is 2.28. The van der Waals surface area contributed by atoms with Crippen molar-refractivity contribution in [2.24, 2.45) is 0 Å². The Labute approximate surface area is 117 Å². The lowest BCUT2D eigenvalue weighted by Crippen LogP contribution is -2.13. The number of hydrogen-bond donors (Lipinski definition) is 2. The number of H-pyrrole nitrogens is 1. The predicted octanol–water partition coefficient (Wildman–Crippen LogP) is 3.48. The number of imidazole rings is 1. The van der Waals surface area contributed by atoms with Crippen molar-refractivity contribution in [2.75, 3.05) is 5.32 Å². The van der Waals surface area contributed by atoms with Crippen molar-refractivity contribution in [1.29, 1.82) is 0 Å². The average Bonchev–Trinajstić information content (AvgIpc) is 2.98. The summed E-state index contributed by atoms with van der Waals surface area (Å²) in [5.74, 6) is 0.371. The molecule has 2 aromatic heterocycles. The Morgan fingerprint density at radius 2 is 2.32 bits per heavy atom. The van der Waals surface area contributed by atoms with Gasteiger partial charge in [-0.2, -0.15) is 0 Å². The lowest BCUT2D eigenvalue weighted by atomic mass is 10.1. The number of halogens is 1. The van der Waals surface area contributed by atoms with E-state index in [1.807, 2.05) is 25.1 Å². The number of anilines is 1. The van der Waals surface area contributed by atoms with Crippen LogP contribution in [0.15, 0.2) is 39.5 Å². The SMILES string of the molecule is Cc1c(C(=O)Nc2ncc[nH]2)oc2ccc(Br)cc12. The molecule has 19 heavy (non-hydrogen) atoms. The highest BCUT2D eigenvalue weighted by atomic mass is 79.9. The molecule has 2 N–H and O–H groups in total. The Kier molecular flexibility index (Phi) is 2.87. The number of fused-ring (bicyclic) bond motifs is 1. The first-order valence-corrected chi connectivity index (χ1v) is 6.44. The predicted molar refractivity (Wildman–Crippen MR) is 75.2 cm³/mol. The van der Waals surface area contributed by atoms with E-state index in [-0.39, 0.29) is 5.91 Å². The Balaban J connectivity index is 2.00. The van der Waals surface area contributed by atoms with Crippen LogP contribution in [0.2, 0.25) is 0 Å². The molecule has 0 aliphatic carbocycles. The van der Waals surface area contributed by atoms with E-state index in [0.717, 1.165) is 15.4 Å². The summed E-state index contributed by atoms with van der Waals surface area (Å²) in [4.78, 5) is 18.9. The molecule has 1 aromatic carbocycles. The summed E-state index contributed by atoms with van der Waals surface area (Å²) in [7, 11) is 0. The third kappa shape index (κ3) is 2.15. The number of aromatic nitrogens is 2. The van der Waals surface area contributed by atoms with Crippen molar-refractivity contribution >= 4 is 38.8 Å². The fourth-order valence-corrected chi connectivity index (χ4v) is 2.27. The summed E-state index contributed by atoms with van der Waals surface area (Å²) >= 11 is 3.40. The molecule has 1 amide bonds. The van der Waals surface area contributed by atoms with Crippen LogP contribution < -0.4 is 5.32 Å². The van der Waals surface area contributed by atoms with Gasteiger partial charge in [0.2, 0.25) is 5.95 Å². The molecular formula is C13H10BrN3O2. The monoisotopic (exact) mass is 319 g/mol. The highest BCUT2D eigenvalue weighted by molar-refractivity contribution is 9.10. The number of carbonyl (C=O) groups excluding carboxylic acids is 1. The molecule has 0 saturated carbocycles. The van der Waals surface area contributed by atoms with Crippen LogP contribution >= 0.6 is 15.9 Å². The minimum Gasteiger partial charge on any atom is -0.451 e. The van der Waals surface area contributed by atoms with Crippen LogP contribution in [-0.4, -0.2) is 15.9 Å². The Hall–Kier alpha value is -2.08. The van der Waals surface area contributed by atoms with E-state index in [4.69, 9.17) is 4.42 Å². The maximum atomic E-state index is 12.1. The van der Waals surface area contributed by atoms with E-state index < -0.39 is 0 Å². The van der Waals surface area contributed by atoms with Crippen LogP contribution in [0.3, 0.4) is 0 Å². The topological polar surface area (TPSA) is 70.9 Å². The second-order valence-corrected chi connectivity index (χ2v) is 5.00. The number of nitrogens with one attached hydrogen (secondary N) is 2. The molecule has 5 nitrogen and oxygen atoms in total. The van der Waals surface area contributed by atoms with E-state index in [0.29, 0.717) is 17.3 Å². The lowest BCUT2D eigenvalue weighted by Gasteiger charge is -1.99. The van der Waals surface area contributed by atoms with E-state index in [1.165, 1.54) is 0 Å². The average molecular weight is 320 g/mol. The summed E-state index contributed by atoms with van der Waals surface area (Å²) in [5, 5.41) is 3.56. The molecule has 3 rings (SSSR count). The van der Waals surface area contributed by atoms with Crippen LogP contribution in [-0.2, 0) is 0 Å². The molecule has 96 valence electrons. The zero-order valence-electron chi connectivity index (χ0n) is 10.0. The highest BCUT2D eigenvalue weighted by Gasteiger charge is 2.18.